The lowest BCUT2D eigenvalue weighted by Crippen LogP contribution is -2.13. The first-order chi connectivity index (χ1) is 6.07. The number of rotatable bonds is 2. The van der Waals surface area contributed by atoms with E-state index in [1.54, 1.807) is 6.07 Å². The molecule has 0 unspecified atom stereocenters. The second-order valence-corrected chi connectivity index (χ2v) is 3.81. The molecule has 0 saturated heterocycles. The summed E-state index contributed by atoms with van der Waals surface area (Å²) in [6.07, 6.45) is 0. The fourth-order valence-electron chi connectivity index (χ4n) is 0.987. The number of alkyl halides is 1. The van der Waals surface area contributed by atoms with Gasteiger partial charge in [-0.15, -0.1) is 12.4 Å². The van der Waals surface area contributed by atoms with Crippen LogP contribution in [0.5, 0.6) is 5.75 Å². The van der Waals surface area contributed by atoms with Crippen molar-refractivity contribution in [3.05, 3.63) is 27.2 Å². The molecule has 2 nitrogen and oxygen atoms in total. The van der Waals surface area contributed by atoms with E-state index in [-0.39, 0.29) is 23.2 Å². The number of halogens is 4. The molecule has 3 N–H and O–H groups in total. The molecule has 0 spiro atoms. The molecular formula is C8H9BrCl2FNO. The zero-order valence-corrected chi connectivity index (χ0v) is 10.2. The van der Waals surface area contributed by atoms with E-state index in [1.165, 1.54) is 6.07 Å². The fraction of sp³-hybridized carbons (Fsp3) is 0.250. The molecule has 0 heterocycles. The maximum atomic E-state index is 12.3. The van der Waals surface area contributed by atoms with E-state index in [0.29, 0.717) is 10.0 Å². The predicted molar refractivity (Wildman–Crippen MR) is 61.0 cm³/mol. The summed E-state index contributed by atoms with van der Waals surface area (Å²) < 4.78 is 12.8. The summed E-state index contributed by atoms with van der Waals surface area (Å²) in [6.45, 7) is -0.744. The van der Waals surface area contributed by atoms with Crippen molar-refractivity contribution in [2.45, 2.75) is 6.04 Å². The Labute approximate surface area is 101 Å². The average molecular weight is 305 g/mol. The van der Waals surface area contributed by atoms with Gasteiger partial charge in [0.25, 0.3) is 0 Å². The molecule has 0 aliphatic heterocycles. The number of benzene rings is 1. The number of hydrogen-bond donors (Lipinski definition) is 2. The minimum atomic E-state index is -0.854. The Kier molecular flexibility index (Phi) is 5.74. The van der Waals surface area contributed by atoms with Gasteiger partial charge in [-0.05, 0) is 12.1 Å². The highest BCUT2D eigenvalue weighted by Crippen LogP contribution is 2.36. The first-order valence-electron chi connectivity index (χ1n) is 3.56. The normalized spacial score (nSPS) is 12.0. The van der Waals surface area contributed by atoms with Crippen LogP contribution in [0.1, 0.15) is 11.6 Å². The number of aromatic hydroxyl groups is 1. The van der Waals surface area contributed by atoms with E-state index in [2.05, 4.69) is 15.9 Å². The highest BCUT2D eigenvalue weighted by Gasteiger charge is 2.16. The Hall–Kier alpha value is -0.0300. The average Bonchev–Trinajstić information content (AvgIpc) is 2.12. The SMILES string of the molecule is Cl.N[C@H](CF)c1c(Br)ccc(Cl)c1O. The third kappa shape index (κ3) is 2.73. The smallest absolute Gasteiger partial charge is 0.140 e. The first-order valence-corrected chi connectivity index (χ1v) is 4.73. The molecule has 1 aromatic carbocycles. The van der Waals surface area contributed by atoms with Crippen LogP contribution in [0.2, 0.25) is 5.02 Å². The molecule has 14 heavy (non-hydrogen) atoms. The molecule has 80 valence electrons. The molecule has 1 atom stereocenters. The number of phenolic OH excluding ortho intramolecular Hbond substituents is 1. The lowest BCUT2D eigenvalue weighted by Gasteiger charge is -2.12. The number of hydrogen-bond acceptors (Lipinski definition) is 2. The standard InChI is InChI=1S/C8H8BrClFNO.ClH/c9-4-1-2-5(10)8(13)7(4)6(12)3-11;/h1-2,6,13H,3,12H2;1H/t6-;/m1./s1. The maximum Gasteiger partial charge on any atom is 0.140 e. The van der Waals surface area contributed by atoms with Crippen LogP contribution in [0.3, 0.4) is 0 Å². The second kappa shape index (κ2) is 5.75. The topological polar surface area (TPSA) is 46.2 Å². The van der Waals surface area contributed by atoms with Gasteiger partial charge in [-0.2, -0.15) is 0 Å². The highest BCUT2D eigenvalue weighted by atomic mass is 79.9. The molecule has 1 aromatic rings. The Morgan fingerprint density at radius 1 is 1.57 bits per heavy atom. The minimum Gasteiger partial charge on any atom is -0.506 e. The molecule has 0 aliphatic carbocycles. The molecule has 0 amide bonds. The summed E-state index contributed by atoms with van der Waals surface area (Å²) in [4.78, 5) is 0. The Balaban J connectivity index is 0.00000169. The van der Waals surface area contributed by atoms with Crippen molar-refractivity contribution in [3.63, 3.8) is 0 Å². The van der Waals surface area contributed by atoms with Crippen LogP contribution in [0.25, 0.3) is 0 Å². The van der Waals surface area contributed by atoms with E-state index >= 15 is 0 Å². The number of phenols is 1. The van der Waals surface area contributed by atoms with Crippen molar-refractivity contribution in [2.75, 3.05) is 6.67 Å². The van der Waals surface area contributed by atoms with E-state index < -0.39 is 12.7 Å². The lowest BCUT2D eigenvalue weighted by molar-refractivity contribution is 0.413. The Morgan fingerprint density at radius 2 is 2.14 bits per heavy atom. The summed E-state index contributed by atoms with van der Waals surface area (Å²) in [5.74, 6) is -0.166. The van der Waals surface area contributed by atoms with Gasteiger partial charge in [0, 0.05) is 10.0 Å². The van der Waals surface area contributed by atoms with Gasteiger partial charge in [0.2, 0.25) is 0 Å². The molecule has 0 radical (unpaired) electrons. The Morgan fingerprint density at radius 3 is 2.64 bits per heavy atom. The van der Waals surface area contributed by atoms with Crippen LogP contribution in [-0.2, 0) is 0 Å². The van der Waals surface area contributed by atoms with Gasteiger partial charge in [-0.3, -0.25) is 0 Å². The van der Waals surface area contributed by atoms with Crippen LogP contribution in [-0.4, -0.2) is 11.8 Å². The van der Waals surface area contributed by atoms with Crippen molar-refractivity contribution in [2.24, 2.45) is 5.73 Å². The van der Waals surface area contributed by atoms with Crippen molar-refractivity contribution in [3.8, 4) is 5.75 Å². The molecule has 0 fully saturated rings. The van der Waals surface area contributed by atoms with Crippen molar-refractivity contribution < 1.29 is 9.50 Å². The van der Waals surface area contributed by atoms with Gasteiger partial charge in [0.05, 0.1) is 11.1 Å². The minimum absolute atomic E-state index is 0. The third-order valence-corrected chi connectivity index (χ3v) is 2.65. The largest absolute Gasteiger partial charge is 0.506 e. The summed E-state index contributed by atoms with van der Waals surface area (Å²) in [5.41, 5.74) is 5.74. The highest BCUT2D eigenvalue weighted by molar-refractivity contribution is 9.10. The van der Waals surface area contributed by atoms with E-state index in [0.717, 1.165) is 0 Å². The molecular weight excluding hydrogens is 296 g/mol. The maximum absolute atomic E-state index is 12.3. The summed E-state index contributed by atoms with van der Waals surface area (Å²) >= 11 is 8.80. The zero-order valence-electron chi connectivity index (χ0n) is 7.01. The zero-order chi connectivity index (χ0) is 10.0. The van der Waals surface area contributed by atoms with Crippen LogP contribution >= 0.6 is 39.9 Å². The van der Waals surface area contributed by atoms with Crippen LogP contribution in [0, 0.1) is 0 Å². The van der Waals surface area contributed by atoms with Crippen molar-refractivity contribution in [1.82, 2.24) is 0 Å². The van der Waals surface area contributed by atoms with E-state index in [1.807, 2.05) is 0 Å². The van der Waals surface area contributed by atoms with Gasteiger partial charge in [-0.1, -0.05) is 27.5 Å². The van der Waals surface area contributed by atoms with Crippen LogP contribution in [0.4, 0.5) is 4.39 Å². The van der Waals surface area contributed by atoms with Crippen molar-refractivity contribution in [1.29, 1.82) is 0 Å². The lowest BCUT2D eigenvalue weighted by atomic mass is 10.1. The van der Waals surface area contributed by atoms with Crippen LogP contribution < -0.4 is 5.73 Å². The molecule has 1 rings (SSSR count). The van der Waals surface area contributed by atoms with Gasteiger partial charge in [0.15, 0.2) is 0 Å². The second-order valence-electron chi connectivity index (χ2n) is 2.55. The molecule has 0 saturated carbocycles. The summed E-state index contributed by atoms with van der Waals surface area (Å²) in [6, 6.07) is 2.27. The van der Waals surface area contributed by atoms with Crippen LogP contribution in [0.15, 0.2) is 16.6 Å². The third-order valence-electron chi connectivity index (χ3n) is 1.65. The molecule has 6 heteroatoms. The molecule has 0 bridgehead atoms. The fourth-order valence-corrected chi connectivity index (χ4v) is 1.77. The molecule has 0 aromatic heterocycles. The number of nitrogens with two attached hydrogens (primary N) is 1. The van der Waals surface area contributed by atoms with Gasteiger partial charge < -0.3 is 10.8 Å². The van der Waals surface area contributed by atoms with Gasteiger partial charge >= 0.3 is 0 Å². The Bertz CT molecular complexity index is 324. The van der Waals surface area contributed by atoms with Gasteiger partial charge in [0.1, 0.15) is 12.4 Å². The monoisotopic (exact) mass is 303 g/mol. The van der Waals surface area contributed by atoms with Gasteiger partial charge in [-0.25, -0.2) is 4.39 Å². The van der Waals surface area contributed by atoms with E-state index in [9.17, 15) is 9.50 Å². The van der Waals surface area contributed by atoms with Crippen molar-refractivity contribution >= 4 is 39.9 Å². The first kappa shape index (κ1) is 14.0. The quantitative estimate of drug-likeness (QED) is 0.881. The van der Waals surface area contributed by atoms with E-state index in [4.69, 9.17) is 17.3 Å². The molecule has 0 aliphatic rings. The summed E-state index contributed by atoms with van der Waals surface area (Å²) in [5, 5.41) is 9.64. The predicted octanol–water partition coefficient (Wildman–Crippen LogP) is 3.20. The summed E-state index contributed by atoms with van der Waals surface area (Å²) in [7, 11) is 0.